The van der Waals surface area contributed by atoms with Gasteiger partial charge in [-0.3, -0.25) is 4.79 Å². The molecule has 0 aliphatic carbocycles. The predicted octanol–water partition coefficient (Wildman–Crippen LogP) is 1.88. The first-order valence-corrected chi connectivity index (χ1v) is 8.26. The van der Waals surface area contributed by atoms with Crippen molar-refractivity contribution in [3.05, 3.63) is 46.1 Å². The second-order valence-corrected chi connectivity index (χ2v) is 6.83. The summed E-state index contributed by atoms with van der Waals surface area (Å²) in [6.45, 7) is 1.49. The summed E-state index contributed by atoms with van der Waals surface area (Å²) in [4.78, 5) is 30.7. The van der Waals surface area contributed by atoms with E-state index in [2.05, 4.69) is 9.97 Å². The zero-order chi connectivity index (χ0) is 15.7. The third kappa shape index (κ3) is 2.77. The number of carboxylic acid groups (broad SMARTS) is 1. The molecule has 5 nitrogen and oxygen atoms in total. The standard InChI is InChI=1S/C15H12N2O3S2/c1-8(14(19)20)22-15-16-12(18)11-10(7-21-13(11)17-15)9-5-3-2-4-6-9/h2-8H,1H3,(H,19,20)(H,16,17,18)/p-1/t8-/m1/s1. The summed E-state index contributed by atoms with van der Waals surface area (Å²) in [5.41, 5.74) is 1.52. The summed E-state index contributed by atoms with van der Waals surface area (Å²) in [6, 6.07) is 9.60. The molecule has 0 radical (unpaired) electrons. The fourth-order valence-electron chi connectivity index (χ4n) is 2.03. The van der Waals surface area contributed by atoms with E-state index in [0.717, 1.165) is 22.9 Å². The fraction of sp³-hybridized carbons (Fsp3) is 0.133. The SMILES string of the molecule is C[C@@H](Sc1nc2scc(-c3ccccc3)c2c(=O)[nH]1)C(=O)[O-]. The molecule has 0 aliphatic heterocycles. The van der Waals surface area contributed by atoms with Gasteiger partial charge in [0.2, 0.25) is 0 Å². The Kier molecular flexibility index (Phi) is 4.00. The Morgan fingerprint density at radius 1 is 1.36 bits per heavy atom. The number of carboxylic acids is 1. The molecule has 3 rings (SSSR count). The monoisotopic (exact) mass is 331 g/mol. The van der Waals surface area contributed by atoms with Crippen LogP contribution >= 0.6 is 23.1 Å². The molecule has 0 aliphatic rings. The lowest BCUT2D eigenvalue weighted by atomic mass is 10.1. The van der Waals surface area contributed by atoms with E-state index in [1.807, 2.05) is 35.7 Å². The van der Waals surface area contributed by atoms with Gasteiger partial charge in [-0.1, -0.05) is 42.1 Å². The molecule has 0 saturated carbocycles. The summed E-state index contributed by atoms with van der Waals surface area (Å²) in [5.74, 6) is -1.19. The Morgan fingerprint density at radius 3 is 2.77 bits per heavy atom. The maximum Gasteiger partial charge on any atom is 0.260 e. The van der Waals surface area contributed by atoms with Gasteiger partial charge in [0.05, 0.1) is 11.4 Å². The van der Waals surface area contributed by atoms with Gasteiger partial charge in [0.15, 0.2) is 5.16 Å². The molecular formula is C15H11N2O3S2-. The Balaban J connectivity index is 2.07. The van der Waals surface area contributed by atoms with Crippen molar-refractivity contribution in [2.45, 2.75) is 17.3 Å². The van der Waals surface area contributed by atoms with Crippen LogP contribution in [0.5, 0.6) is 0 Å². The number of nitrogens with zero attached hydrogens (tertiary/aromatic N) is 1. The smallest absolute Gasteiger partial charge is 0.260 e. The molecule has 1 N–H and O–H groups in total. The van der Waals surface area contributed by atoms with Crippen LogP contribution in [0, 0.1) is 0 Å². The van der Waals surface area contributed by atoms with Crippen LogP contribution in [0.1, 0.15) is 6.92 Å². The van der Waals surface area contributed by atoms with E-state index in [1.54, 1.807) is 0 Å². The number of carbonyl (C=O) groups excluding carboxylic acids is 1. The average Bonchev–Trinajstić information content (AvgIpc) is 2.92. The number of H-pyrrole nitrogens is 1. The Hall–Kier alpha value is -2.12. The van der Waals surface area contributed by atoms with Crippen LogP contribution in [0.3, 0.4) is 0 Å². The van der Waals surface area contributed by atoms with Crippen molar-refractivity contribution in [3.63, 3.8) is 0 Å². The fourth-order valence-corrected chi connectivity index (χ4v) is 3.76. The molecule has 2 heterocycles. The highest BCUT2D eigenvalue weighted by atomic mass is 32.2. The zero-order valence-electron chi connectivity index (χ0n) is 11.5. The van der Waals surface area contributed by atoms with Gasteiger partial charge in [0.25, 0.3) is 5.56 Å². The number of thiophene rings is 1. The molecule has 0 amide bonds. The molecule has 3 aromatic rings. The van der Waals surface area contributed by atoms with Crippen LogP contribution < -0.4 is 10.7 Å². The predicted molar refractivity (Wildman–Crippen MR) is 86.0 cm³/mol. The normalized spacial score (nSPS) is 12.4. The molecule has 112 valence electrons. The van der Waals surface area contributed by atoms with E-state index in [1.165, 1.54) is 18.3 Å². The number of aliphatic carboxylic acids is 1. The van der Waals surface area contributed by atoms with Crippen molar-refractivity contribution >= 4 is 39.3 Å². The van der Waals surface area contributed by atoms with Gasteiger partial charge in [0, 0.05) is 16.2 Å². The minimum Gasteiger partial charge on any atom is -0.549 e. The molecule has 0 spiro atoms. The van der Waals surface area contributed by atoms with E-state index in [-0.39, 0.29) is 10.7 Å². The first kappa shape index (κ1) is 14.8. The number of hydrogen-bond donors (Lipinski definition) is 1. The lowest BCUT2D eigenvalue weighted by Crippen LogP contribution is -2.31. The topological polar surface area (TPSA) is 85.9 Å². The number of benzene rings is 1. The highest BCUT2D eigenvalue weighted by molar-refractivity contribution is 8.00. The van der Waals surface area contributed by atoms with E-state index < -0.39 is 11.2 Å². The molecule has 0 bridgehead atoms. The van der Waals surface area contributed by atoms with Crippen molar-refractivity contribution in [1.29, 1.82) is 0 Å². The van der Waals surface area contributed by atoms with E-state index in [0.29, 0.717) is 10.2 Å². The first-order valence-electron chi connectivity index (χ1n) is 6.50. The zero-order valence-corrected chi connectivity index (χ0v) is 13.2. The molecule has 0 unspecified atom stereocenters. The van der Waals surface area contributed by atoms with E-state index in [4.69, 9.17) is 0 Å². The van der Waals surface area contributed by atoms with Crippen LogP contribution in [-0.2, 0) is 4.79 Å². The second-order valence-electron chi connectivity index (χ2n) is 4.65. The molecule has 1 atom stereocenters. The Bertz CT molecular complexity index is 887. The van der Waals surface area contributed by atoms with Gasteiger partial charge in [0.1, 0.15) is 4.83 Å². The molecular weight excluding hydrogens is 320 g/mol. The average molecular weight is 331 g/mol. The summed E-state index contributed by atoms with van der Waals surface area (Å²) >= 11 is 2.33. The third-order valence-corrected chi connectivity index (χ3v) is 4.96. The van der Waals surface area contributed by atoms with Gasteiger partial charge >= 0.3 is 0 Å². The third-order valence-electron chi connectivity index (χ3n) is 3.13. The van der Waals surface area contributed by atoms with E-state index in [9.17, 15) is 14.7 Å². The second kappa shape index (κ2) is 5.94. The highest BCUT2D eigenvalue weighted by Gasteiger charge is 2.14. The molecule has 2 aromatic heterocycles. The van der Waals surface area contributed by atoms with Crippen molar-refractivity contribution in [1.82, 2.24) is 9.97 Å². The van der Waals surface area contributed by atoms with Crippen LogP contribution in [0.15, 0.2) is 45.7 Å². The summed E-state index contributed by atoms with van der Waals surface area (Å²) in [5, 5.41) is 12.7. The van der Waals surface area contributed by atoms with E-state index >= 15 is 0 Å². The molecule has 0 fully saturated rings. The molecule has 7 heteroatoms. The number of fused-ring (bicyclic) bond motifs is 1. The van der Waals surface area contributed by atoms with Gasteiger partial charge < -0.3 is 14.9 Å². The lowest BCUT2D eigenvalue weighted by molar-refractivity contribution is -0.304. The van der Waals surface area contributed by atoms with Crippen molar-refractivity contribution in [3.8, 4) is 11.1 Å². The van der Waals surface area contributed by atoms with Crippen molar-refractivity contribution in [2.75, 3.05) is 0 Å². The van der Waals surface area contributed by atoms with Crippen molar-refractivity contribution in [2.24, 2.45) is 0 Å². The summed E-state index contributed by atoms with van der Waals surface area (Å²) in [7, 11) is 0. The summed E-state index contributed by atoms with van der Waals surface area (Å²) in [6.07, 6.45) is 0. The van der Waals surface area contributed by atoms with Crippen molar-refractivity contribution < 1.29 is 9.90 Å². The van der Waals surface area contributed by atoms with Gasteiger partial charge in [-0.2, -0.15) is 0 Å². The summed E-state index contributed by atoms with van der Waals surface area (Å²) < 4.78 is 0. The molecule has 22 heavy (non-hydrogen) atoms. The van der Waals surface area contributed by atoms with Gasteiger partial charge in [-0.25, -0.2) is 4.98 Å². The van der Waals surface area contributed by atoms with Crippen LogP contribution in [0.25, 0.3) is 21.3 Å². The quantitative estimate of drug-likeness (QED) is 0.583. The van der Waals surface area contributed by atoms with Gasteiger partial charge in [-0.15, -0.1) is 11.3 Å². The lowest BCUT2D eigenvalue weighted by Gasteiger charge is -2.10. The number of thioether (sulfide) groups is 1. The minimum absolute atomic E-state index is 0.266. The molecule has 1 aromatic carbocycles. The van der Waals surface area contributed by atoms with Crippen LogP contribution in [0.4, 0.5) is 0 Å². The number of aromatic nitrogens is 2. The number of aromatic amines is 1. The molecule has 0 saturated heterocycles. The van der Waals surface area contributed by atoms with Gasteiger partial charge in [-0.05, 0) is 12.5 Å². The maximum absolute atomic E-state index is 12.3. The Labute approximate surface area is 134 Å². The number of carbonyl (C=O) groups is 1. The largest absolute Gasteiger partial charge is 0.549 e. The highest BCUT2D eigenvalue weighted by Crippen LogP contribution is 2.31. The number of nitrogens with one attached hydrogen (secondary N) is 1. The Morgan fingerprint density at radius 2 is 2.09 bits per heavy atom. The number of hydrogen-bond acceptors (Lipinski definition) is 6. The van der Waals surface area contributed by atoms with Crippen LogP contribution in [-0.4, -0.2) is 21.2 Å². The first-order chi connectivity index (χ1) is 10.6. The maximum atomic E-state index is 12.3. The number of rotatable bonds is 4. The van der Waals surface area contributed by atoms with Crippen LogP contribution in [0.2, 0.25) is 0 Å². The minimum atomic E-state index is -1.19.